The van der Waals surface area contributed by atoms with Crippen molar-refractivity contribution in [3.63, 3.8) is 0 Å². The van der Waals surface area contributed by atoms with E-state index in [2.05, 4.69) is 0 Å². The smallest absolute Gasteiger partial charge is 0.229 e. The molecule has 0 saturated carbocycles. The zero-order valence-corrected chi connectivity index (χ0v) is 11.6. The molecular formula is C14H20O7. The number of aliphatic hydroxyl groups excluding tert-OH is 4. The molecule has 0 radical (unpaired) electrons. The van der Waals surface area contributed by atoms with E-state index in [4.69, 9.17) is 19.3 Å². The molecular weight excluding hydrogens is 280 g/mol. The number of methoxy groups -OCH3 is 1. The molecule has 1 aromatic rings. The van der Waals surface area contributed by atoms with E-state index in [1.165, 1.54) is 0 Å². The first-order valence-corrected chi connectivity index (χ1v) is 6.62. The van der Waals surface area contributed by atoms with Crippen molar-refractivity contribution in [3.05, 3.63) is 29.8 Å². The monoisotopic (exact) mass is 300 g/mol. The van der Waals surface area contributed by atoms with Crippen LogP contribution >= 0.6 is 0 Å². The van der Waals surface area contributed by atoms with Crippen molar-refractivity contribution in [2.45, 2.75) is 37.3 Å². The molecule has 1 aromatic carbocycles. The quantitative estimate of drug-likeness (QED) is 0.553. The molecule has 0 aromatic heterocycles. The van der Waals surface area contributed by atoms with E-state index in [1.54, 1.807) is 31.4 Å². The van der Waals surface area contributed by atoms with Gasteiger partial charge in [-0.1, -0.05) is 12.1 Å². The summed E-state index contributed by atoms with van der Waals surface area (Å²) in [6.07, 6.45) is -6.42. The van der Waals surface area contributed by atoms with Crippen molar-refractivity contribution >= 4 is 0 Å². The Hall–Kier alpha value is -1.22. The SMILES string of the molecule is COCc1ccc(OC2OC(CO)C(O)C(O)C2O)cc1. The lowest BCUT2D eigenvalue weighted by molar-refractivity contribution is -0.277. The summed E-state index contributed by atoms with van der Waals surface area (Å²) in [6, 6.07) is 6.94. The first-order chi connectivity index (χ1) is 10.1. The molecule has 0 amide bonds. The molecule has 0 bridgehead atoms. The highest BCUT2D eigenvalue weighted by atomic mass is 16.7. The molecule has 7 nitrogen and oxygen atoms in total. The average Bonchev–Trinajstić information content (AvgIpc) is 2.50. The largest absolute Gasteiger partial charge is 0.462 e. The molecule has 5 atom stereocenters. The molecule has 7 heteroatoms. The van der Waals surface area contributed by atoms with Gasteiger partial charge in [0.1, 0.15) is 30.2 Å². The fourth-order valence-electron chi connectivity index (χ4n) is 2.13. The van der Waals surface area contributed by atoms with Crippen LogP contribution in [0.15, 0.2) is 24.3 Å². The lowest BCUT2D eigenvalue weighted by Crippen LogP contribution is -2.60. The summed E-state index contributed by atoms with van der Waals surface area (Å²) in [5.41, 5.74) is 0.957. The second-order valence-electron chi connectivity index (χ2n) is 4.89. The van der Waals surface area contributed by atoms with Crippen molar-refractivity contribution in [2.75, 3.05) is 13.7 Å². The van der Waals surface area contributed by atoms with E-state index in [0.29, 0.717) is 12.4 Å². The van der Waals surface area contributed by atoms with Gasteiger partial charge in [-0.3, -0.25) is 0 Å². The third kappa shape index (κ3) is 3.70. The second-order valence-corrected chi connectivity index (χ2v) is 4.89. The summed E-state index contributed by atoms with van der Waals surface area (Å²) in [4.78, 5) is 0. The van der Waals surface area contributed by atoms with Crippen molar-refractivity contribution in [1.82, 2.24) is 0 Å². The predicted octanol–water partition coefficient (Wildman–Crippen LogP) is -0.988. The maximum absolute atomic E-state index is 9.86. The van der Waals surface area contributed by atoms with Gasteiger partial charge in [0.15, 0.2) is 0 Å². The molecule has 4 N–H and O–H groups in total. The van der Waals surface area contributed by atoms with Crippen LogP contribution in [-0.4, -0.2) is 64.8 Å². The highest BCUT2D eigenvalue weighted by Gasteiger charge is 2.44. The summed E-state index contributed by atoms with van der Waals surface area (Å²) >= 11 is 0. The van der Waals surface area contributed by atoms with Gasteiger partial charge in [0.2, 0.25) is 6.29 Å². The van der Waals surface area contributed by atoms with Gasteiger partial charge in [-0.2, -0.15) is 0 Å². The molecule has 2 rings (SSSR count). The van der Waals surface area contributed by atoms with Crippen LogP contribution in [0.25, 0.3) is 0 Å². The normalized spacial score (nSPS) is 32.9. The van der Waals surface area contributed by atoms with Crippen LogP contribution in [-0.2, 0) is 16.1 Å². The number of rotatable bonds is 5. The molecule has 21 heavy (non-hydrogen) atoms. The molecule has 1 saturated heterocycles. The summed E-state index contributed by atoms with van der Waals surface area (Å²) < 4.78 is 15.7. The van der Waals surface area contributed by atoms with Crippen LogP contribution < -0.4 is 4.74 Å². The number of aliphatic hydroxyl groups is 4. The fourth-order valence-corrected chi connectivity index (χ4v) is 2.13. The Morgan fingerprint density at radius 1 is 1.05 bits per heavy atom. The Morgan fingerprint density at radius 2 is 1.71 bits per heavy atom. The van der Waals surface area contributed by atoms with Gasteiger partial charge in [-0.15, -0.1) is 0 Å². The molecule has 5 unspecified atom stereocenters. The number of hydrogen-bond acceptors (Lipinski definition) is 7. The second kappa shape index (κ2) is 7.17. The molecule has 1 heterocycles. The Morgan fingerprint density at radius 3 is 2.29 bits per heavy atom. The van der Waals surface area contributed by atoms with Crippen molar-refractivity contribution < 1.29 is 34.6 Å². The highest BCUT2D eigenvalue weighted by Crippen LogP contribution is 2.24. The molecule has 0 aliphatic carbocycles. The van der Waals surface area contributed by atoms with E-state index in [9.17, 15) is 15.3 Å². The van der Waals surface area contributed by atoms with Crippen LogP contribution in [0.3, 0.4) is 0 Å². The minimum atomic E-state index is -1.45. The van der Waals surface area contributed by atoms with E-state index in [0.717, 1.165) is 5.56 Å². The van der Waals surface area contributed by atoms with Crippen molar-refractivity contribution in [3.8, 4) is 5.75 Å². The summed E-state index contributed by atoms with van der Waals surface area (Å²) in [5, 5.41) is 38.3. The van der Waals surface area contributed by atoms with Crippen LogP contribution in [0.4, 0.5) is 0 Å². The van der Waals surface area contributed by atoms with Gasteiger partial charge in [0.05, 0.1) is 13.2 Å². The van der Waals surface area contributed by atoms with Gasteiger partial charge < -0.3 is 34.6 Å². The molecule has 0 spiro atoms. The number of benzene rings is 1. The minimum Gasteiger partial charge on any atom is -0.462 e. The Balaban J connectivity index is 2.03. The zero-order valence-electron chi connectivity index (χ0n) is 11.6. The van der Waals surface area contributed by atoms with E-state index < -0.39 is 37.3 Å². The third-order valence-electron chi connectivity index (χ3n) is 3.34. The Labute approximate surface area is 122 Å². The zero-order chi connectivity index (χ0) is 15.4. The number of ether oxygens (including phenoxy) is 3. The molecule has 1 aliphatic heterocycles. The number of hydrogen-bond donors (Lipinski definition) is 4. The van der Waals surface area contributed by atoms with E-state index in [-0.39, 0.29) is 0 Å². The van der Waals surface area contributed by atoms with E-state index in [1.807, 2.05) is 0 Å². The fraction of sp³-hybridized carbons (Fsp3) is 0.571. The maximum atomic E-state index is 9.86. The van der Waals surface area contributed by atoms with Gasteiger partial charge in [-0.25, -0.2) is 0 Å². The van der Waals surface area contributed by atoms with Crippen molar-refractivity contribution in [2.24, 2.45) is 0 Å². The minimum absolute atomic E-state index is 0.430. The summed E-state index contributed by atoms with van der Waals surface area (Å²) in [6.45, 7) is -0.0160. The standard InChI is InChI=1S/C14H20O7/c1-19-7-8-2-4-9(5-3-8)20-14-13(18)12(17)11(16)10(6-15)21-14/h2-5,10-18H,6-7H2,1H3. The topological polar surface area (TPSA) is 109 Å². The van der Waals surface area contributed by atoms with Crippen LogP contribution in [0.2, 0.25) is 0 Å². The van der Waals surface area contributed by atoms with Crippen LogP contribution in [0, 0.1) is 0 Å². The van der Waals surface area contributed by atoms with Crippen LogP contribution in [0.5, 0.6) is 5.75 Å². The Kier molecular flexibility index (Phi) is 5.51. The maximum Gasteiger partial charge on any atom is 0.229 e. The summed E-state index contributed by atoms with van der Waals surface area (Å²) in [5.74, 6) is 0.430. The lowest BCUT2D eigenvalue weighted by atomic mass is 9.99. The first-order valence-electron chi connectivity index (χ1n) is 6.62. The van der Waals surface area contributed by atoms with Gasteiger partial charge in [-0.05, 0) is 17.7 Å². The predicted molar refractivity (Wildman–Crippen MR) is 71.6 cm³/mol. The Bertz CT molecular complexity index is 433. The first kappa shape index (κ1) is 16.2. The van der Waals surface area contributed by atoms with E-state index >= 15 is 0 Å². The third-order valence-corrected chi connectivity index (χ3v) is 3.34. The van der Waals surface area contributed by atoms with Crippen molar-refractivity contribution in [1.29, 1.82) is 0 Å². The van der Waals surface area contributed by atoms with Gasteiger partial charge in [0.25, 0.3) is 0 Å². The van der Waals surface area contributed by atoms with Crippen LogP contribution in [0.1, 0.15) is 5.56 Å². The molecule has 1 fully saturated rings. The van der Waals surface area contributed by atoms with Gasteiger partial charge in [0, 0.05) is 7.11 Å². The summed E-state index contributed by atoms with van der Waals surface area (Å²) in [7, 11) is 1.60. The average molecular weight is 300 g/mol. The molecule has 1 aliphatic rings. The molecule has 118 valence electrons. The van der Waals surface area contributed by atoms with Gasteiger partial charge >= 0.3 is 0 Å². The lowest BCUT2D eigenvalue weighted by Gasteiger charge is -2.39. The highest BCUT2D eigenvalue weighted by molar-refractivity contribution is 5.27.